The van der Waals surface area contributed by atoms with Crippen LogP contribution in [0.25, 0.3) is 5.73 Å². The number of aliphatic hydroxyl groups excluding tert-OH is 1. The van der Waals surface area contributed by atoms with Gasteiger partial charge in [-0.05, 0) is 5.69 Å². The van der Waals surface area contributed by atoms with Crippen LogP contribution < -0.4 is 0 Å². The molecule has 60 valence electrons. The Bertz CT molecular complexity index is 205. The molecule has 0 saturated carbocycles. The average molecular weight is 322 g/mol. The van der Waals surface area contributed by atoms with E-state index in [1.807, 2.05) is 0 Å². The third-order valence-corrected chi connectivity index (χ3v) is 0.969. The van der Waals surface area contributed by atoms with Gasteiger partial charge in [0.2, 0.25) is 0 Å². The van der Waals surface area contributed by atoms with E-state index in [2.05, 4.69) is 4.98 Å². The maximum Gasteiger partial charge on any atom is 2.00 e. The van der Waals surface area contributed by atoms with Gasteiger partial charge in [0.1, 0.15) is 0 Å². The molecule has 0 bridgehead atoms. The minimum absolute atomic E-state index is 0. The molecule has 0 spiro atoms. The Labute approximate surface area is 80.9 Å². The summed E-state index contributed by atoms with van der Waals surface area (Å²) in [4.78, 5) is 3.71. The van der Waals surface area contributed by atoms with Crippen LogP contribution in [0.15, 0.2) is 18.2 Å². The van der Waals surface area contributed by atoms with Crippen molar-refractivity contribution >= 4 is 5.82 Å². The van der Waals surface area contributed by atoms with E-state index in [4.69, 9.17) is 10.8 Å². The normalized spacial score (nSPS) is 7.73. The maximum atomic E-state index is 8.52. The van der Waals surface area contributed by atoms with Crippen molar-refractivity contribution in [3.63, 3.8) is 0 Å². The fourth-order valence-electron chi connectivity index (χ4n) is 0.568. The molecule has 1 aromatic rings. The smallest absolute Gasteiger partial charge is 0.482 e. The van der Waals surface area contributed by atoms with Crippen LogP contribution in [0.2, 0.25) is 0 Å². The van der Waals surface area contributed by atoms with Crippen molar-refractivity contribution in [2.75, 3.05) is 0 Å². The third-order valence-electron chi connectivity index (χ3n) is 0.969. The Balaban J connectivity index is 0. The predicted octanol–water partition coefficient (Wildman–Crippen LogP) is 1.71. The van der Waals surface area contributed by atoms with Gasteiger partial charge in [0.15, 0.2) is 0 Å². The van der Waals surface area contributed by atoms with Crippen LogP contribution >= 0.6 is 0 Å². The van der Waals surface area contributed by atoms with Crippen LogP contribution in [0.3, 0.4) is 0 Å². The Hall–Kier alpha value is -0.402. The second-order valence-corrected chi connectivity index (χ2v) is 1.67. The summed E-state index contributed by atoms with van der Waals surface area (Å²) in [5.41, 5.74) is 7.56. The van der Waals surface area contributed by atoms with Gasteiger partial charge < -0.3 is 23.3 Å². The molecular weight excluding hydrogens is 312 g/mol. The number of rotatable bonds is 1. The van der Waals surface area contributed by atoms with Crippen LogP contribution in [-0.2, 0) is 27.7 Å². The molecule has 0 atom stereocenters. The van der Waals surface area contributed by atoms with E-state index >= 15 is 0 Å². The third kappa shape index (κ3) is 4.12. The number of aromatic nitrogens is 1. The molecule has 4 heteroatoms. The Morgan fingerprint density at radius 3 is 2.45 bits per heavy atom. The molecule has 0 unspecified atom stereocenters. The maximum absolute atomic E-state index is 8.52. The quantitative estimate of drug-likeness (QED) is 0.800. The Morgan fingerprint density at radius 1 is 1.45 bits per heavy atom. The van der Waals surface area contributed by atoms with Gasteiger partial charge in [-0.15, -0.1) is 0 Å². The molecule has 2 N–H and O–H groups in total. The number of aliphatic hydroxyl groups is 1. The van der Waals surface area contributed by atoms with Crippen LogP contribution in [0.5, 0.6) is 0 Å². The van der Waals surface area contributed by atoms with Crippen molar-refractivity contribution < 1.29 is 26.2 Å². The van der Waals surface area contributed by atoms with Gasteiger partial charge in [-0.1, -0.05) is 24.0 Å². The number of nitrogens with one attached hydrogen (secondary N) is 1. The summed E-state index contributed by atoms with van der Waals surface area (Å²) >= 11 is 0. The zero-order chi connectivity index (χ0) is 6.69. The number of nitrogens with zero attached hydrogens (tertiary/aromatic N) is 1. The average Bonchev–Trinajstić information content (AvgIpc) is 1.88. The monoisotopic (exact) mass is 322 g/mol. The van der Waals surface area contributed by atoms with Crippen molar-refractivity contribution in [2.45, 2.75) is 6.61 Å². The van der Waals surface area contributed by atoms with E-state index in [0.717, 1.165) is 0 Å². The van der Waals surface area contributed by atoms with Gasteiger partial charge in [0.05, 0.1) is 6.61 Å². The van der Waals surface area contributed by atoms with Crippen LogP contribution in [0.4, 0.5) is 5.82 Å². The number of hydrogen-bond acceptors (Lipinski definition) is 2. The van der Waals surface area contributed by atoms with E-state index in [1.54, 1.807) is 18.2 Å². The van der Waals surface area contributed by atoms with Crippen LogP contribution in [0, 0.1) is 7.43 Å². The van der Waals surface area contributed by atoms with Gasteiger partial charge in [-0.25, -0.2) is 0 Å². The minimum atomic E-state index is -0.0906. The van der Waals surface area contributed by atoms with Gasteiger partial charge in [-0.2, -0.15) is 0 Å². The topological polar surface area (TPSA) is 56.9 Å². The fourth-order valence-corrected chi connectivity index (χ4v) is 0.568. The molecule has 0 amide bonds. The second-order valence-electron chi connectivity index (χ2n) is 1.67. The summed E-state index contributed by atoms with van der Waals surface area (Å²) in [6.45, 7) is -0.0906. The first-order chi connectivity index (χ1) is 4.33. The summed E-state index contributed by atoms with van der Waals surface area (Å²) in [7, 11) is 0. The van der Waals surface area contributed by atoms with Crippen LogP contribution in [0.1, 0.15) is 5.69 Å². The summed E-state index contributed by atoms with van der Waals surface area (Å²) in [5.74, 6) is 0.196. The SMILES string of the molecule is [CH3-].[NH-]c1cccc(CO)n1.[W+2]. The molecule has 3 nitrogen and oxygen atoms in total. The van der Waals surface area contributed by atoms with Crippen molar-refractivity contribution in [3.8, 4) is 0 Å². The van der Waals surface area contributed by atoms with E-state index in [9.17, 15) is 0 Å². The molecule has 1 heterocycles. The summed E-state index contributed by atoms with van der Waals surface area (Å²) in [5, 5.41) is 8.52. The number of pyridine rings is 1. The van der Waals surface area contributed by atoms with Gasteiger partial charge in [0, 0.05) is 0 Å². The Kier molecular flexibility index (Phi) is 7.58. The van der Waals surface area contributed by atoms with Crippen molar-refractivity contribution in [1.29, 1.82) is 0 Å². The second kappa shape index (κ2) is 6.32. The van der Waals surface area contributed by atoms with Crippen molar-refractivity contribution in [3.05, 3.63) is 37.1 Å². The standard InChI is InChI=1S/C6H7N2O.CH3.W/c7-6-3-1-2-5(4-9)8-6;;/h1-3,9H,4H2,(H-,7,8);1H3;/q2*-1;+2. The minimum Gasteiger partial charge on any atom is -0.482 e. The molecule has 11 heavy (non-hydrogen) atoms. The van der Waals surface area contributed by atoms with E-state index < -0.39 is 0 Å². The van der Waals surface area contributed by atoms with E-state index in [-0.39, 0.29) is 40.9 Å². The predicted molar refractivity (Wildman–Crippen MR) is 40.6 cm³/mol. The van der Waals surface area contributed by atoms with Crippen LogP contribution in [-0.4, -0.2) is 10.1 Å². The Morgan fingerprint density at radius 2 is 2.09 bits per heavy atom. The molecular formula is C7H10N2OW. The molecule has 1 aromatic heterocycles. The van der Waals surface area contributed by atoms with E-state index in [1.165, 1.54) is 0 Å². The molecule has 0 radical (unpaired) electrons. The van der Waals surface area contributed by atoms with Gasteiger partial charge in [0.25, 0.3) is 0 Å². The molecule has 1 rings (SSSR count). The molecule has 0 aromatic carbocycles. The molecule has 0 aliphatic carbocycles. The summed E-state index contributed by atoms with van der Waals surface area (Å²) in [6.07, 6.45) is 0. The molecule has 0 fully saturated rings. The zero-order valence-corrected chi connectivity index (χ0v) is 9.18. The molecule has 0 aliphatic rings. The summed E-state index contributed by atoms with van der Waals surface area (Å²) in [6, 6.07) is 4.94. The van der Waals surface area contributed by atoms with E-state index in [0.29, 0.717) is 5.69 Å². The van der Waals surface area contributed by atoms with Crippen molar-refractivity contribution in [2.24, 2.45) is 0 Å². The van der Waals surface area contributed by atoms with Gasteiger partial charge >= 0.3 is 21.1 Å². The first kappa shape index (κ1) is 13.2. The number of hydrogen-bond donors (Lipinski definition) is 1. The fraction of sp³-hybridized carbons (Fsp3) is 0.143. The summed E-state index contributed by atoms with van der Waals surface area (Å²) < 4.78 is 0. The van der Waals surface area contributed by atoms with Crippen molar-refractivity contribution in [1.82, 2.24) is 4.98 Å². The van der Waals surface area contributed by atoms with Gasteiger partial charge in [-0.3, -0.25) is 0 Å². The molecule has 0 aliphatic heterocycles. The first-order valence-corrected chi connectivity index (χ1v) is 2.61. The first-order valence-electron chi connectivity index (χ1n) is 2.61. The zero-order valence-electron chi connectivity index (χ0n) is 6.24. The molecule has 0 saturated heterocycles. The largest absolute Gasteiger partial charge is 2.00 e.